The molecule has 1 aromatic rings. The molecule has 0 unspecified atom stereocenters. The van der Waals surface area contributed by atoms with Crippen LogP contribution in [0.4, 0.5) is 0 Å². The quantitative estimate of drug-likeness (QED) is 0.931. The van der Waals surface area contributed by atoms with Crippen molar-refractivity contribution in [2.75, 3.05) is 20.8 Å². The molecule has 4 heteroatoms. The molecule has 1 atom stereocenters. The number of hydrogen-bond acceptors (Lipinski definition) is 2. The molecule has 1 aliphatic heterocycles. The Hall–Kier alpha value is -0.740. The second-order valence-corrected chi connectivity index (χ2v) is 5.57. The van der Waals surface area contributed by atoms with E-state index >= 15 is 0 Å². The second kappa shape index (κ2) is 6.43. The zero-order valence-corrected chi connectivity index (χ0v) is 12.6. The molecule has 0 amide bonds. The zero-order valence-electron chi connectivity index (χ0n) is 11.0. The maximum Gasteiger partial charge on any atom is 0.174 e. The van der Waals surface area contributed by atoms with Crippen LogP contribution in [0.5, 0.6) is 11.5 Å². The van der Waals surface area contributed by atoms with Crippen molar-refractivity contribution in [3.63, 3.8) is 0 Å². The summed E-state index contributed by atoms with van der Waals surface area (Å²) in [5.41, 5.74) is 1.32. The highest BCUT2D eigenvalue weighted by atomic mass is 79.9. The number of benzene rings is 1. The van der Waals surface area contributed by atoms with Crippen LogP contribution in [-0.2, 0) is 0 Å². The Labute approximate surface area is 117 Å². The van der Waals surface area contributed by atoms with Gasteiger partial charge in [0.1, 0.15) is 6.04 Å². The predicted octanol–water partition coefficient (Wildman–Crippen LogP) is 2.64. The van der Waals surface area contributed by atoms with Crippen LogP contribution < -0.4 is 14.8 Å². The lowest BCUT2D eigenvalue weighted by molar-refractivity contribution is -0.694. The van der Waals surface area contributed by atoms with Crippen molar-refractivity contribution in [3.05, 3.63) is 22.2 Å². The number of rotatable bonds is 3. The third-order valence-electron chi connectivity index (χ3n) is 3.55. The molecule has 0 bridgehead atoms. The average molecular weight is 315 g/mol. The van der Waals surface area contributed by atoms with Crippen LogP contribution in [0.25, 0.3) is 0 Å². The van der Waals surface area contributed by atoms with E-state index in [0.29, 0.717) is 6.04 Å². The molecule has 0 saturated carbocycles. The fraction of sp³-hybridized carbons (Fsp3) is 0.571. The van der Waals surface area contributed by atoms with Gasteiger partial charge in [-0.3, -0.25) is 0 Å². The van der Waals surface area contributed by atoms with Crippen LogP contribution in [0.1, 0.15) is 37.3 Å². The van der Waals surface area contributed by atoms with Crippen LogP contribution in [-0.4, -0.2) is 20.8 Å². The molecular weight excluding hydrogens is 294 g/mol. The Morgan fingerprint density at radius 2 is 2.00 bits per heavy atom. The van der Waals surface area contributed by atoms with Gasteiger partial charge in [0.2, 0.25) is 0 Å². The number of halogens is 1. The predicted molar refractivity (Wildman–Crippen MR) is 75.2 cm³/mol. The summed E-state index contributed by atoms with van der Waals surface area (Å²) in [5, 5.41) is 2.45. The Kier molecular flexibility index (Phi) is 4.89. The van der Waals surface area contributed by atoms with Crippen molar-refractivity contribution in [2.45, 2.75) is 31.7 Å². The fourth-order valence-electron chi connectivity index (χ4n) is 2.58. The van der Waals surface area contributed by atoms with E-state index in [-0.39, 0.29) is 0 Å². The van der Waals surface area contributed by atoms with Gasteiger partial charge in [0.05, 0.1) is 25.2 Å². The van der Waals surface area contributed by atoms with Gasteiger partial charge in [-0.05, 0) is 47.3 Å². The molecule has 0 radical (unpaired) electrons. The van der Waals surface area contributed by atoms with E-state index in [1.54, 1.807) is 14.2 Å². The summed E-state index contributed by atoms with van der Waals surface area (Å²) in [6, 6.07) is 4.81. The number of hydrogen-bond donors (Lipinski definition) is 1. The van der Waals surface area contributed by atoms with Crippen LogP contribution in [0, 0.1) is 0 Å². The summed E-state index contributed by atoms with van der Waals surface area (Å²) in [4.78, 5) is 0. The first-order chi connectivity index (χ1) is 8.76. The van der Waals surface area contributed by atoms with Crippen LogP contribution in [0.15, 0.2) is 16.6 Å². The molecule has 1 saturated heterocycles. The van der Waals surface area contributed by atoms with E-state index in [0.717, 1.165) is 16.0 Å². The van der Waals surface area contributed by atoms with Crippen molar-refractivity contribution in [2.24, 2.45) is 0 Å². The lowest BCUT2D eigenvalue weighted by Crippen LogP contribution is -2.84. The first kappa shape index (κ1) is 13.7. The third-order valence-corrected chi connectivity index (χ3v) is 4.14. The smallest absolute Gasteiger partial charge is 0.174 e. The maximum atomic E-state index is 5.41. The molecule has 1 aliphatic rings. The van der Waals surface area contributed by atoms with E-state index in [2.05, 4.69) is 33.4 Å². The molecule has 1 heterocycles. The number of ether oxygens (including phenoxy) is 2. The van der Waals surface area contributed by atoms with E-state index in [1.807, 2.05) is 0 Å². The third kappa shape index (κ3) is 2.98. The molecule has 1 aromatic carbocycles. The summed E-state index contributed by atoms with van der Waals surface area (Å²) < 4.78 is 11.7. The van der Waals surface area contributed by atoms with E-state index in [4.69, 9.17) is 9.47 Å². The number of methoxy groups -OCH3 is 2. The fourth-order valence-corrected chi connectivity index (χ4v) is 3.20. The van der Waals surface area contributed by atoms with Gasteiger partial charge in [-0.15, -0.1) is 0 Å². The van der Waals surface area contributed by atoms with Gasteiger partial charge < -0.3 is 14.8 Å². The van der Waals surface area contributed by atoms with E-state index in [1.165, 1.54) is 37.8 Å². The summed E-state index contributed by atoms with van der Waals surface area (Å²) in [5.74, 6) is 1.58. The normalized spacial score (nSPS) is 20.3. The van der Waals surface area contributed by atoms with Gasteiger partial charge in [0, 0.05) is 12.0 Å². The number of quaternary nitrogens is 1. The number of nitrogens with two attached hydrogens (primary N) is 1. The van der Waals surface area contributed by atoms with Crippen LogP contribution in [0.2, 0.25) is 0 Å². The van der Waals surface area contributed by atoms with Crippen molar-refractivity contribution in [1.82, 2.24) is 0 Å². The molecule has 0 aromatic heterocycles. The van der Waals surface area contributed by atoms with Crippen molar-refractivity contribution in [3.8, 4) is 11.5 Å². The Balaban J connectivity index is 2.29. The molecule has 2 N–H and O–H groups in total. The second-order valence-electron chi connectivity index (χ2n) is 4.72. The Bertz CT molecular complexity index is 401. The summed E-state index contributed by atoms with van der Waals surface area (Å²) >= 11 is 3.57. The van der Waals surface area contributed by atoms with Crippen molar-refractivity contribution in [1.29, 1.82) is 0 Å². The lowest BCUT2D eigenvalue weighted by atomic mass is 10.0. The molecule has 18 heavy (non-hydrogen) atoms. The molecule has 1 fully saturated rings. The molecule has 0 spiro atoms. The van der Waals surface area contributed by atoms with E-state index in [9.17, 15) is 0 Å². The molecule has 3 nitrogen and oxygen atoms in total. The lowest BCUT2D eigenvalue weighted by Gasteiger charge is -2.16. The van der Waals surface area contributed by atoms with Crippen molar-refractivity contribution >= 4 is 15.9 Å². The van der Waals surface area contributed by atoms with Gasteiger partial charge in [-0.25, -0.2) is 0 Å². The van der Waals surface area contributed by atoms with Crippen molar-refractivity contribution < 1.29 is 14.8 Å². The van der Waals surface area contributed by atoms with Gasteiger partial charge in [0.25, 0.3) is 0 Å². The Morgan fingerprint density at radius 1 is 1.17 bits per heavy atom. The highest BCUT2D eigenvalue weighted by Crippen LogP contribution is 2.38. The molecule has 100 valence electrons. The Morgan fingerprint density at radius 3 is 2.72 bits per heavy atom. The highest BCUT2D eigenvalue weighted by Gasteiger charge is 2.20. The standard InChI is InChI=1S/C14H20BrNO2/c1-17-13-9-10(8-11(15)14(13)18-2)12-6-4-3-5-7-16-12/h8-9,12,16H,3-7H2,1-2H3/p+1/t12-/m1/s1. The summed E-state index contributed by atoms with van der Waals surface area (Å²) in [7, 11) is 3.35. The average Bonchev–Trinajstić information content (AvgIpc) is 2.66. The van der Waals surface area contributed by atoms with Crippen LogP contribution >= 0.6 is 15.9 Å². The highest BCUT2D eigenvalue weighted by molar-refractivity contribution is 9.10. The molecular formula is C14H21BrNO2+. The summed E-state index contributed by atoms with van der Waals surface area (Å²) in [6.07, 6.45) is 5.22. The summed E-state index contributed by atoms with van der Waals surface area (Å²) in [6.45, 7) is 1.22. The first-order valence-corrected chi connectivity index (χ1v) is 7.30. The SMILES string of the molecule is COc1cc([C@H]2CCCCC[NH2+]2)cc(Br)c1OC. The minimum absolute atomic E-state index is 0.545. The van der Waals surface area contributed by atoms with Crippen LogP contribution in [0.3, 0.4) is 0 Å². The molecule has 0 aliphatic carbocycles. The minimum atomic E-state index is 0.545. The minimum Gasteiger partial charge on any atom is -0.493 e. The first-order valence-electron chi connectivity index (χ1n) is 6.51. The van der Waals surface area contributed by atoms with E-state index < -0.39 is 0 Å². The maximum absolute atomic E-state index is 5.41. The van der Waals surface area contributed by atoms with Gasteiger partial charge >= 0.3 is 0 Å². The largest absolute Gasteiger partial charge is 0.493 e. The molecule has 2 rings (SSSR count). The monoisotopic (exact) mass is 314 g/mol. The van der Waals surface area contributed by atoms with Gasteiger partial charge in [0.15, 0.2) is 11.5 Å². The van der Waals surface area contributed by atoms with Gasteiger partial charge in [-0.1, -0.05) is 0 Å². The topological polar surface area (TPSA) is 35.1 Å². The van der Waals surface area contributed by atoms with Gasteiger partial charge in [-0.2, -0.15) is 0 Å². The zero-order chi connectivity index (χ0) is 13.0.